The number of ether oxygens (including phenoxy) is 1. The van der Waals surface area contributed by atoms with Gasteiger partial charge in [0.2, 0.25) is 9.84 Å². The lowest BCUT2D eigenvalue weighted by molar-refractivity contribution is 0.103. The van der Waals surface area contributed by atoms with Gasteiger partial charge in [0.25, 0.3) is 0 Å². The molecule has 0 aliphatic carbocycles. The van der Waals surface area contributed by atoms with Crippen molar-refractivity contribution in [1.29, 1.82) is 0 Å². The predicted molar refractivity (Wildman–Crippen MR) is 167 cm³/mol. The molecule has 0 aliphatic heterocycles. The highest BCUT2D eigenvalue weighted by Crippen LogP contribution is 2.27. The fraction of sp³-hybridized carbons (Fsp3) is 0.265. The summed E-state index contributed by atoms with van der Waals surface area (Å²) in [5, 5.41) is 9.87. The van der Waals surface area contributed by atoms with Crippen LogP contribution in [0.3, 0.4) is 0 Å². The highest BCUT2D eigenvalue weighted by atomic mass is 32.2. The Morgan fingerprint density at radius 2 is 1.00 bits per heavy atom. The highest BCUT2D eigenvalue weighted by molar-refractivity contribution is 7.91. The highest BCUT2D eigenvalue weighted by Gasteiger charge is 2.17. The average Bonchev–Trinajstić information content (AvgIpc) is 3.02. The Bertz CT molecular complexity index is 1360. The molecule has 0 unspecified atom stereocenters. The van der Waals surface area contributed by atoms with Crippen LogP contribution in [0.5, 0.6) is 17.2 Å². The van der Waals surface area contributed by atoms with Crippen LogP contribution >= 0.6 is 0 Å². The van der Waals surface area contributed by atoms with Crippen LogP contribution in [0.15, 0.2) is 107 Å². The minimum Gasteiger partial charge on any atom is -0.507 e. The standard InChI is InChI=1S/C26H20O5S.4C2H6/c1-18-6-14-22(15-7-18)32(29,30)23-16-12-21(13-17-23)31-20-10-8-19(9-11-20)26(28)24-4-2-3-5-25(24)27;4*1-2/h2-17,27H,1H3;4*1-2H3. The summed E-state index contributed by atoms with van der Waals surface area (Å²) in [5.74, 6) is 0.597. The smallest absolute Gasteiger partial charge is 0.206 e. The van der Waals surface area contributed by atoms with Gasteiger partial charge < -0.3 is 9.84 Å². The number of aromatic hydroxyl groups is 1. The normalized spacial score (nSPS) is 9.53. The van der Waals surface area contributed by atoms with Gasteiger partial charge in [-0.2, -0.15) is 0 Å². The second kappa shape index (κ2) is 19.2. The summed E-state index contributed by atoms with van der Waals surface area (Å²) in [5.41, 5.74) is 1.63. The Labute approximate surface area is 241 Å². The molecule has 0 heterocycles. The number of aryl methyl sites for hydroxylation is 1. The van der Waals surface area contributed by atoms with Crippen molar-refractivity contribution in [1.82, 2.24) is 0 Å². The molecule has 0 radical (unpaired) electrons. The first-order valence-electron chi connectivity index (χ1n) is 13.9. The largest absolute Gasteiger partial charge is 0.507 e. The summed E-state index contributed by atoms with van der Waals surface area (Å²) in [6, 6.07) is 25.8. The first kappa shape index (κ1) is 36.1. The molecule has 216 valence electrons. The van der Waals surface area contributed by atoms with E-state index in [2.05, 4.69) is 0 Å². The summed E-state index contributed by atoms with van der Waals surface area (Å²) in [6.45, 7) is 17.9. The van der Waals surface area contributed by atoms with Gasteiger partial charge in [0.05, 0.1) is 15.4 Å². The lowest BCUT2D eigenvalue weighted by atomic mass is 10.0. The van der Waals surface area contributed by atoms with Gasteiger partial charge in [-0.1, -0.05) is 85.2 Å². The summed E-state index contributed by atoms with van der Waals surface area (Å²) < 4.78 is 31.3. The molecular formula is C34H44O5S. The number of sulfone groups is 1. The van der Waals surface area contributed by atoms with Crippen molar-refractivity contribution in [2.45, 2.75) is 72.1 Å². The van der Waals surface area contributed by atoms with Crippen molar-refractivity contribution >= 4 is 15.6 Å². The quantitative estimate of drug-likeness (QED) is 0.236. The molecule has 0 aliphatic rings. The molecule has 4 aromatic rings. The topological polar surface area (TPSA) is 80.7 Å². The Hall–Kier alpha value is -3.90. The van der Waals surface area contributed by atoms with Crippen LogP contribution in [-0.4, -0.2) is 19.3 Å². The van der Waals surface area contributed by atoms with Crippen molar-refractivity contribution in [2.75, 3.05) is 0 Å². The number of hydrogen-bond donors (Lipinski definition) is 1. The van der Waals surface area contributed by atoms with Crippen molar-refractivity contribution in [3.63, 3.8) is 0 Å². The lowest BCUT2D eigenvalue weighted by Gasteiger charge is -2.09. The number of phenolic OH excluding ortho intramolecular Hbond substituents is 1. The van der Waals surface area contributed by atoms with E-state index in [1.54, 1.807) is 78.9 Å². The number of rotatable bonds is 6. The van der Waals surface area contributed by atoms with Crippen LogP contribution in [0.4, 0.5) is 0 Å². The van der Waals surface area contributed by atoms with E-state index in [1.807, 2.05) is 62.3 Å². The maximum absolute atomic E-state index is 12.8. The number of benzene rings is 4. The SMILES string of the molecule is CC.CC.CC.CC.Cc1ccc(S(=O)(=O)c2ccc(Oc3ccc(C(=O)c4ccccc4O)cc3)cc2)cc1. The molecule has 0 bridgehead atoms. The van der Waals surface area contributed by atoms with Crippen LogP contribution in [0.2, 0.25) is 0 Å². The lowest BCUT2D eigenvalue weighted by Crippen LogP contribution is -2.02. The molecule has 40 heavy (non-hydrogen) atoms. The second-order valence-corrected chi connectivity index (χ2v) is 9.21. The molecule has 4 aromatic carbocycles. The Kier molecular flexibility index (Phi) is 17.3. The van der Waals surface area contributed by atoms with E-state index in [9.17, 15) is 18.3 Å². The van der Waals surface area contributed by atoms with E-state index in [-0.39, 0.29) is 26.9 Å². The zero-order chi connectivity index (χ0) is 30.7. The number of ketones is 1. The van der Waals surface area contributed by atoms with Crippen LogP contribution in [0.1, 0.15) is 76.9 Å². The molecule has 0 atom stereocenters. The van der Waals surface area contributed by atoms with E-state index in [0.717, 1.165) is 5.56 Å². The maximum Gasteiger partial charge on any atom is 0.206 e. The molecule has 5 nitrogen and oxygen atoms in total. The van der Waals surface area contributed by atoms with E-state index in [0.29, 0.717) is 17.1 Å². The van der Waals surface area contributed by atoms with E-state index >= 15 is 0 Å². The van der Waals surface area contributed by atoms with Crippen LogP contribution < -0.4 is 4.74 Å². The summed E-state index contributed by atoms with van der Waals surface area (Å²) in [6.07, 6.45) is 0. The molecule has 0 saturated heterocycles. The third-order valence-corrected chi connectivity index (χ3v) is 6.75. The van der Waals surface area contributed by atoms with Gasteiger partial charge >= 0.3 is 0 Å². The molecule has 0 fully saturated rings. The molecule has 6 heteroatoms. The average molecular weight is 565 g/mol. The van der Waals surface area contributed by atoms with Crippen molar-refractivity contribution in [3.8, 4) is 17.2 Å². The minimum absolute atomic E-state index is 0.0708. The number of para-hydroxylation sites is 1. The molecule has 0 spiro atoms. The van der Waals surface area contributed by atoms with Crippen LogP contribution in [0.25, 0.3) is 0 Å². The number of phenols is 1. The van der Waals surface area contributed by atoms with Crippen LogP contribution in [-0.2, 0) is 9.84 Å². The van der Waals surface area contributed by atoms with Crippen molar-refractivity contribution in [3.05, 3.63) is 114 Å². The van der Waals surface area contributed by atoms with Gasteiger partial charge in [0.15, 0.2) is 5.78 Å². The van der Waals surface area contributed by atoms with Gasteiger partial charge in [0.1, 0.15) is 17.2 Å². The summed E-state index contributed by atoms with van der Waals surface area (Å²) in [4.78, 5) is 13.0. The third-order valence-electron chi connectivity index (χ3n) is 4.97. The molecule has 0 aromatic heterocycles. The first-order chi connectivity index (χ1) is 19.3. The predicted octanol–water partition coefficient (Wildman–Crippen LogP) is 9.66. The van der Waals surface area contributed by atoms with Crippen molar-refractivity contribution in [2.24, 2.45) is 0 Å². The van der Waals surface area contributed by atoms with Gasteiger partial charge in [-0.25, -0.2) is 8.42 Å². The zero-order valence-corrected chi connectivity index (χ0v) is 26.0. The Balaban J connectivity index is 0.00000175. The number of hydrogen-bond acceptors (Lipinski definition) is 5. The summed E-state index contributed by atoms with van der Waals surface area (Å²) >= 11 is 0. The zero-order valence-electron chi connectivity index (χ0n) is 25.2. The minimum atomic E-state index is -3.60. The number of carbonyl (C=O) groups excluding carboxylic acids is 1. The summed E-state index contributed by atoms with van der Waals surface area (Å²) in [7, 11) is -3.60. The van der Waals surface area contributed by atoms with E-state index in [1.165, 1.54) is 18.2 Å². The fourth-order valence-corrected chi connectivity index (χ4v) is 4.43. The van der Waals surface area contributed by atoms with E-state index < -0.39 is 9.84 Å². The molecule has 1 N–H and O–H groups in total. The third kappa shape index (κ3) is 10.0. The Morgan fingerprint density at radius 3 is 1.45 bits per heavy atom. The molecular weight excluding hydrogens is 520 g/mol. The second-order valence-electron chi connectivity index (χ2n) is 7.26. The number of carbonyl (C=O) groups is 1. The van der Waals surface area contributed by atoms with E-state index in [4.69, 9.17) is 4.74 Å². The molecule has 4 rings (SSSR count). The van der Waals surface area contributed by atoms with Gasteiger partial charge in [-0.15, -0.1) is 0 Å². The van der Waals surface area contributed by atoms with Crippen LogP contribution in [0, 0.1) is 6.92 Å². The van der Waals surface area contributed by atoms with Gasteiger partial charge in [0, 0.05) is 5.56 Å². The Morgan fingerprint density at radius 1 is 0.600 bits per heavy atom. The molecule has 0 amide bonds. The van der Waals surface area contributed by atoms with Gasteiger partial charge in [-0.05, 0) is 79.7 Å². The van der Waals surface area contributed by atoms with Gasteiger partial charge in [-0.3, -0.25) is 4.79 Å². The maximum atomic E-state index is 12.8. The molecule has 0 saturated carbocycles. The first-order valence-corrected chi connectivity index (χ1v) is 15.4. The fourth-order valence-electron chi connectivity index (χ4n) is 3.17. The van der Waals surface area contributed by atoms with Crippen molar-refractivity contribution < 1.29 is 23.1 Å². The monoisotopic (exact) mass is 564 g/mol.